The van der Waals surface area contributed by atoms with Crippen LogP contribution in [0.2, 0.25) is 0 Å². The Bertz CT molecular complexity index is 772. The number of carbonyl (C=O) groups excluding carboxylic acids is 2. The molecule has 1 aliphatic heterocycles. The lowest BCUT2D eigenvalue weighted by Gasteiger charge is -2.29. The second-order valence-electron chi connectivity index (χ2n) is 6.17. The molecule has 0 fully saturated rings. The average molecular weight is 359 g/mol. The van der Waals surface area contributed by atoms with Crippen LogP contribution in [-0.2, 0) is 16.0 Å². The number of fused-ring (bicyclic) bond motifs is 1. The van der Waals surface area contributed by atoms with E-state index in [1.54, 1.807) is 42.5 Å². The van der Waals surface area contributed by atoms with Crippen LogP contribution >= 0.6 is 11.3 Å². The molecule has 132 valence electrons. The Morgan fingerprint density at radius 3 is 2.92 bits per heavy atom. The molecular weight excluding hydrogens is 336 g/mol. The van der Waals surface area contributed by atoms with Gasteiger partial charge in [0.05, 0.1) is 24.4 Å². The van der Waals surface area contributed by atoms with Crippen molar-refractivity contribution in [2.45, 2.75) is 26.3 Å². The molecule has 5 nitrogen and oxygen atoms in total. The van der Waals surface area contributed by atoms with Crippen LogP contribution in [0, 0.1) is 0 Å². The van der Waals surface area contributed by atoms with E-state index in [0.29, 0.717) is 30.4 Å². The van der Waals surface area contributed by atoms with E-state index < -0.39 is 5.97 Å². The third-order valence-corrected chi connectivity index (χ3v) is 5.61. The fourth-order valence-corrected chi connectivity index (χ4v) is 4.25. The van der Waals surface area contributed by atoms with Gasteiger partial charge in [-0.2, -0.15) is 0 Å². The van der Waals surface area contributed by atoms with Gasteiger partial charge >= 0.3 is 5.97 Å². The highest BCUT2D eigenvalue weighted by atomic mass is 32.1. The van der Waals surface area contributed by atoms with Gasteiger partial charge in [-0.05, 0) is 37.4 Å². The van der Waals surface area contributed by atoms with Crippen LogP contribution in [0.3, 0.4) is 0 Å². The summed E-state index contributed by atoms with van der Waals surface area (Å²) in [6, 6.07) is 9.43. The highest BCUT2D eigenvalue weighted by molar-refractivity contribution is 7.10. The van der Waals surface area contributed by atoms with Crippen LogP contribution in [0.1, 0.15) is 40.7 Å². The number of rotatable bonds is 5. The predicted molar refractivity (Wildman–Crippen MR) is 98.2 cm³/mol. The molecule has 1 amide bonds. The molecule has 1 aliphatic rings. The standard InChI is InChI=1S/C19H22N2O3S/c1-3-24-19(23)15-6-4-5-7-16(15)20-18(22)12-21-10-8-17-14(13(21)2)9-11-25-17/h4-7,9,11,13H,3,8,10,12H2,1-2H3,(H,20,22)/p+1/t13-/m0/s1. The van der Waals surface area contributed by atoms with Crippen LogP contribution in [0.25, 0.3) is 0 Å². The first-order chi connectivity index (χ1) is 12.1. The Morgan fingerprint density at radius 2 is 2.12 bits per heavy atom. The summed E-state index contributed by atoms with van der Waals surface area (Å²) in [7, 11) is 0. The molecule has 1 aromatic carbocycles. The number of quaternary nitrogens is 1. The number of esters is 1. The Balaban J connectivity index is 1.67. The molecule has 0 bridgehead atoms. The molecule has 0 saturated carbocycles. The molecule has 25 heavy (non-hydrogen) atoms. The van der Waals surface area contributed by atoms with E-state index in [2.05, 4.69) is 23.7 Å². The van der Waals surface area contributed by atoms with Crippen molar-refractivity contribution in [3.8, 4) is 0 Å². The number of para-hydroxylation sites is 1. The van der Waals surface area contributed by atoms with E-state index in [0.717, 1.165) is 13.0 Å². The zero-order chi connectivity index (χ0) is 17.8. The molecule has 1 aromatic heterocycles. The van der Waals surface area contributed by atoms with E-state index in [-0.39, 0.29) is 5.91 Å². The van der Waals surface area contributed by atoms with Crippen LogP contribution < -0.4 is 10.2 Å². The molecule has 3 rings (SSSR count). The van der Waals surface area contributed by atoms with E-state index >= 15 is 0 Å². The number of amides is 1. The van der Waals surface area contributed by atoms with Crippen molar-refractivity contribution >= 4 is 28.9 Å². The smallest absolute Gasteiger partial charge is 0.340 e. The predicted octanol–water partition coefficient (Wildman–Crippen LogP) is 2.07. The molecule has 0 saturated heterocycles. The normalized spacial score (nSPS) is 19.1. The van der Waals surface area contributed by atoms with Gasteiger partial charge in [0.15, 0.2) is 6.54 Å². The van der Waals surface area contributed by atoms with Gasteiger partial charge in [-0.15, -0.1) is 11.3 Å². The fourth-order valence-electron chi connectivity index (χ4n) is 3.27. The molecule has 2 N–H and O–H groups in total. The summed E-state index contributed by atoms with van der Waals surface area (Å²) in [5.41, 5.74) is 2.25. The number of carbonyl (C=O) groups is 2. The molecule has 6 heteroatoms. The summed E-state index contributed by atoms with van der Waals surface area (Å²) < 4.78 is 5.05. The number of hydrogen-bond donors (Lipinski definition) is 2. The van der Waals surface area contributed by atoms with Crippen LogP contribution in [0.4, 0.5) is 5.69 Å². The zero-order valence-corrected chi connectivity index (χ0v) is 15.3. The topological polar surface area (TPSA) is 59.8 Å². The summed E-state index contributed by atoms with van der Waals surface area (Å²) >= 11 is 1.80. The van der Waals surface area contributed by atoms with E-state index in [1.807, 2.05) is 0 Å². The van der Waals surface area contributed by atoms with E-state index in [9.17, 15) is 9.59 Å². The molecular formula is C19H23N2O3S+. The van der Waals surface area contributed by atoms with Crippen molar-refractivity contribution in [2.75, 3.05) is 25.0 Å². The summed E-state index contributed by atoms with van der Waals surface area (Å²) in [6.45, 7) is 5.56. The maximum Gasteiger partial charge on any atom is 0.340 e. The minimum atomic E-state index is -0.417. The van der Waals surface area contributed by atoms with Crippen LogP contribution in [0.5, 0.6) is 0 Å². The number of anilines is 1. The first-order valence-corrected chi connectivity index (χ1v) is 9.45. The van der Waals surface area contributed by atoms with Crippen LogP contribution in [0.15, 0.2) is 35.7 Å². The van der Waals surface area contributed by atoms with Crippen molar-refractivity contribution in [1.82, 2.24) is 0 Å². The summed E-state index contributed by atoms with van der Waals surface area (Å²) in [4.78, 5) is 27.2. The summed E-state index contributed by atoms with van der Waals surface area (Å²) in [6.07, 6.45) is 1.01. The van der Waals surface area contributed by atoms with Crippen molar-refractivity contribution in [2.24, 2.45) is 0 Å². The Morgan fingerprint density at radius 1 is 1.32 bits per heavy atom. The molecule has 0 aliphatic carbocycles. The third kappa shape index (κ3) is 3.91. The highest BCUT2D eigenvalue weighted by Gasteiger charge is 2.29. The quantitative estimate of drug-likeness (QED) is 0.804. The third-order valence-electron chi connectivity index (χ3n) is 4.62. The molecule has 2 aromatic rings. The molecule has 1 unspecified atom stereocenters. The van der Waals surface area contributed by atoms with Gasteiger partial charge in [0.25, 0.3) is 5.91 Å². The minimum Gasteiger partial charge on any atom is -0.462 e. The molecule has 2 heterocycles. The number of benzene rings is 1. The first kappa shape index (κ1) is 17.6. The first-order valence-electron chi connectivity index (χ1n) is 8.57. The second-order valence-corrected chi connectivity index (χ2v) is 7.17. The largest absolute Gasteiger partial charge is 0.462 e. The lowest BCUT2D eigenvalue weighted by Crippen LogP contribution is -3.14. The Labute approximate surface area is 151 Å². The van der Waals surface area contributed by atoms with Gasteiger partial charge in [-0.25, -0.2) is 4.79 Å². The van der Waals surface area contributed by atoms with Crippen molar-refractivity contribution < 1.29 is 19.2 Å². The Kier molecular flexibility index (Phi) is 5.50. The average Bonchev–Trinajstić information content (AvgIpc) is 3.07. The summed E-state index contributed by atoms with van der Waals surface area (Å²) in [5, 5.41) is 5.00. The maximum atomic E-state index is 12.5. The van der Waals surface area contributed by atoms with Gasteiger partial charge in [-0.1, -0.05) is 12.1 Å². The zero-order valence-electron chi connectivity index (χ0n) is 14.5. The van der Waals surface area contributed by atoms with E-state index in [1.165, 1.54) is 15.3 Å². The van der Waals surface area contributed by atoms with Crippen molar-refractivity contribution in [1.29, 1.82) is 0 Å². The van der Waals surface area contributed by atoms with Gasteiger partial charge in [0.1, 0.15) is 6.04 Å². The van der Waals surface area contributed by atoms with Crippen molar-refractivity contribution in [3.63, 3.8) is 0 Å². The summed E-state index contributed by atoms with van der Waals surface area (Å²) in [5.74, 6) is -0.503. The maximum absolute atomic E-state index is 12.5. The lowest BCUT2D eigenvalue weighted by molar-refractivity contribution is -0.923. The van der Waals surface area contributed by atoms with Crippen LogP contribution in [-0.4, -0.2) is 31.6 Å². The second kappa shape index (κ2) is 7.80. The van der Waals surface area contributed by atoms with Crippen molar-refractivity contribution in [3.05, 3.63) is 51.7 Å². The van der Waals surface area contributed by atoms with E-state index in [4.69, 9.17) is 4.74 Å². The molecule has 0 spiro atoms. The Hall–Kier alpha value is -2.18. The fraction of sp³-hybridized carbons (Fsp3) is 0.368. The number of nitrogens with one attached hydrogen (secondary N) is 2. The lowest BCUT2D eigenvalue weighted by atomic mass is 10.0. The number of ether oxygens (including phenoxy) is 1. The SMILES string of the molecule is CCOC(=O)c1ccccc1NC(=O)C[NH+]1CCc2sccc2[C@@H]1C. The van der Waals surface area contributed by atoms with Gasteiger partial charge in [0, 0.05) is 16.9 Å². The monoisotopic (exact) mass is 359 g/mol. The van der Waals surface area contributed by atoms with Gasteiger partial charge in [0.2, 0.25) is 0 Å². The molecule has 2 atom stereocenters. The molecule has 0 radical (unpaired) electrons. The number of thiophene rings is 1. The van der Waals surface area contributed by atoms with Gasteiger partial charge < -0.3 is 15.0 Å². The number of hydrogen-bond acceptors (Lipinski definition) is 4. The van der Waals surface area contributed by atoms with Gasteiger partial charge in [-0.3, -0.25) is 4.79 Å². The highest BCUT2D eigenvalue weighted by Crippen LogP contribution is 2.24. The minimum absolute atomic E-state index is 0.0859.